The number of ether oxygens (including phenoxy) is 2. The zero-order valence-electron chi connectivity index (χ0n) is 17.8. The first-order valence-corrected chi connectivity index (χ1v) is 11.3. The Hall–Kier alpha value is -2.20. The fourth-order valence-electron chi connectivity index (χ4n) is 6.87. The van der Waals surface area contributed by atoms with Gasteiger partial charge in [-0.2, -0.15) is 0 Å². The average molecular weight is 407 g/mol. The summed E-state index contributed by atoms with van der Waals surface area (Å²) in [5.41, 5.74) is 1.27. The predicted molar refractivity (Wildman–Crippen MR) is 116 cm³/mol. The second-order valence-corrected chi connectivity index (χ2v) is 9.62. The number of methoxy groups -OCH3 is 1. The Bertz CT molecular complexity index is 980. The minimum Gasteiger partial charge on any atom is -0.462 e. The van der Waals surface area contributed by atoms with Crippen LogP contribution in [0.1, 0.15) is 53.3 Å². The van der Waals surface area contributed by atoms with Crippen LogP contribution in [0.15, 0.2) is 36.4 Å². The van der Waals surface area contributed by atoms with E-state index in [1.807, 2.05) is 37.4 Å². The molecule has 0 aliphatic heterocycles. The van der Waals surface area contributed by atoms with E-state index in [1.54, 1.807) is 13.0 Å². The standard InChI is InChI=1S/C26H30O4/c1-15(27)16-3-4-18-10-19(6-5-17(18)9-16)26(28)30-14-20-7-8-23-24-12-21(25(20)23)11-22(24)13-29-2/h3-6,9-10,20-25H,7-8,11-14H2,1-2H3. The van der Waals surface area contributed by atoms with Gasteiger partial charge in [-0.15, -0.1) is 0 Å². The lowest BCUT2D eigenvalue weighted by Crippen LogP contribution is -2.31. The Morgan fingerprint density at radius 3 is 2.37 bits per heavy atom. The molecular formula is C26H30O4. The van der Waals surface area contributed by atoms with E-state index in [4.69, 9.17) is 9.47 Å². The van der Waals surface area contributed by atoms with Crippen molar-refractivity contribution in [3.8, 4) is 0 Å². The molecule has 4 nitrogen and oxygen atoms in total. The first-order chi connectivity index (χ1) is 14.5. The molecule has 3 aliphatic carbocycles. The first kappa shape index (κ1) is 19.7. The molecule has 0 radical (unpaired) electrons. The Kier molecular flexibility index (Phi) is 5.14. The van der Waals surface area contributed by atoms with Crippen molar-refractivity contribution in [3.63, 3.8) is 0 Å². The minimum absolute atomic E-state index is 0.0457. The summed E-state index contributed by atoms with van der Waals surface area (Å²) in [5, 5.41) is 1.91. The van der Waals surface area contributed by atoms with Gasteiger partial charge in [-0.25, -0.2) is 4.79 Å². The summed E-state index contributed by atoms with van der Waals surface area (Å²) in [5.74, 6) is 4.21. The van der Waals surface area contributed by atoms with E-state index in [9.17, 15) is 9.59 Å². The topological polar surface area (TPSA) is 52.6 Å². The molecule has 3 aliphatic rings. The average Bonchev–Trinajstić information content (AvgIpc) is 3.44. The highest BCUT2D eigenvalue weighted by molar-refractivity contribution is 6.00. The normalized spacial score (nSPS) is 31.8. The lowest BCUT2D eigenvalue weighted by Gasteiger charge is -2.33. The van der Waals surface area contributed by atoms with Crippen LogP contribution in [0, 0.1) is 35.5 Å². The van der Waals surface area contributed by atoms with E-state index in [-0.39, 0.29) is 11.8 Å². The highest BCUT2D eigenvalue weighted by Gasteiger charge is 2.56. The smallest absolute Gasteiger partial charge is 0.338 e. The second-order valence-electron chi connectivity index (χ2n) is 9.62. The molecule has 0 saturated heterocycles. The summed E-state index contributed by atoms with van der Waals surface area (Å²) in [6, 6.07) is 11.2. The summed E-state index contributed by atoms with van der Waals surface area (Å²) in [4.78, 5) is 24.3. The highest BCUT2D eigenvalue weighted by atomic mass is 16.5. The van der Waals surface area contributed by atoms with Crippen molar-refractivity contribution >= 4 is 22.5 Å². The van der Waals surface area contributed by atoms with Crippen LogP contribution in [0.3, 0.4) is 0 Å². The monoisotopic (exact) mass is 406 g/mol. The first-order valence-electron chi connectivity index (χ1n) is 11.3. The van der Waals surface area contributed by atoms with Crippen LogP contribution >= 0.6 is 0 Å². The van der Waals surface area contributed by atoms with Crippen LogP contribution in [0.2, 0.25) is 0 Å². The number of hydrogen-bond acceptors (Lipinski definition) is 4. The molecule has 2 aromatic carbocycles. The molecule has 4 heteroatoms. The van der Waals surface area contributed by atoms with Gasteiger partial charge >= 0.3 is 5.97 Å². The van der Waals surface area contributed by atoms with E-state index >= 15 is 0 Å². The minimum atomic E-state index is -0.239. The Balaban J connectivity index is 1.23. The number of carbonyl (C=O) groups excluding carboxylic acids is 2. The van der Waals surface area contributed by atoms with Crippen molar-refractivity contribution in [2.75, 3.05) is 20.3 Å². The second kappa shape index (κ2) is 7.81. The molecule has 30 heavy (non-hydrogen) atoms. The van der Waals surface area contributed by atoms with E-state index in [0.717, 1.165) is 47.0 Å². The third-order valence-electron chi connectivity index (χ3n) is 8.08. The molecule has 2 aromatic rings. The molecule has 0 heterocycles. The Labute approximate surface area is 177 Å². The van der Waals surface area contributed by atoms with Crippen LogP contribution < -0.4 is 0 Å². The summed E-state index contributed by atoms with van der Waals surface area (Å²) in [6.45, 7) is 3.01. The number of fused-ring (bicyclic) bond motifs is 6. The summed E-state index contributed by atoms with van der Waals surface area (Å²) in [6.07, 6.45) is 5.10. The largest absolute Gasteiger partial charge is 0.462 e. The number of esters is 1. The van der Waals surface area contributed by atoms with Crippen LogP contribution in [0.5, 0.6) is 0 Å². The van der Waals surface area contributed by atoms with Crippen LogP contribution in [0.25, 0.3) is 10.8 Å². The van der Waals surface area contributed by atoms with Crippen LogP contribution in [-0.2, 0) is 9.47 Å². The van der Waals surface area contributed by atoms with Crippen molar-refractivity contribution in [2.24, 2.45) is 35.5 Å². The molecule has 0 amide bonds. The SMILES string of the molecule is COCC1CC2CC1C1CCC(COC(=O)c3ccc4cc(C(C)=O)ccc4c3)C21. The summed E-state index contributed by atoms with van der Waals surface area (Å²) in [7, 11) is 1.81. The van der Waals surface area contributed by atoms with Gasteiger partial charge in [0.25, 0.3) is 0 Å². The van der Waals surface area contributed by atoms with Crippen molar-refractivity contribution in [2.45, 2.75) is 32.6 Å². The maximum atomic E-state index is 12.7. The molecule has 158 valence electrons. The summed E-state index contributed by atoms with van der Waals surface area (Å²) < 4.78 is 11.2. The van der Waals surface area contributed by atoms with E-state index in [2.05, 4.69) is 0 Å². The van der Waals surface area contributed by atoms with Crippen molar-refractivity contribution in [1.29, 1.82) is 0 Å². The molecule has 0 spiro atoms. The fraction of sp³-hybridized carbons (Fsp3) is 0.538. The maximum absolute atomic E-state index is 12.7. The van der Waals surface area contributed by atoms with E-state index in [1.165, 1.54) is 25.7 Å². The van der Waals surface area contributed by atoms with Crippen molar-refractivity contribution in [3.05, 3.63) is 47.5 Å². The molecule has 0 aromatic heterocycles. The van der Waals surface area contributed by atoms with Gasteiger partial charge in [0.1, 0.15) is 0 Å². The van der Waals surface area contributed by atoms with Crippen molar-refractivity contribution in [1.82, 2.24) is 0 Å². The molecular weight excluding hydrogens is 376 g/mol. The van der Waals surface area contributed by atoms with Gasteiger partial charge in [-0.3, -0.25) is 4.79 Å². The number of benzene rings is 2. The Morgan fingerprint density at radius 1 is 0.900 bits per heavy atom. The van der Waals surface area contributed by atoms with Gasteiger partial charge in [-0.1, -0.05) is 18.2 Å². The lowest BCUT2D eigenvalue weighted by molar-refractivity contribution is 0.0324. The molecule has 3 saturated carbocycles. The van der Waals surface area contributed by atoms with Crippen LogP contribution in [0.4, 0.5) is 0 Å². The third kappa shape index (κ3) is 3.35. The fourth-order valence-corrected chi connectivity index (χ4v) is 6.87. The summed E-state index contributed by atoms with van der Waals surface area (Å²) >= 11 is 0. The van der Waals surface area contributed by atoms with Gasteiger partial charge in [0.15, 0.2) is 5.78 Å². The molecule has 2 bridgehead atoms. The van der Waals surface area contributed by atoms with Gasteiger partial charge in [0.2, 0.25) is 0 Å². The predicted octanol–water partition coefficient (Wildman–Crippen LogP) is 5.14. The number of hydrogen-bond donors (Lipinski definition) is 0. The number of rotatable bonds is 6. The van der Waals surface area contributed by atoms with Crippen molar-refractivity contribution < 1.29 is 19.1 Å². The van der Waals surface area contributed by atoms with Gasteiger partial charge in [-0.05, 0) is 97.1 Å². The van der Waals surface area contributed by atoms with Gasteiger partial charge in [0, 0.05) is 19.3 Å². The van der Waals surface area contributed by atoms with E-state index in [0.29, 0.717) is 23.7 Å². The van der Waals surface area contributed by atoms with Crippen LogP contribution in [-0.4, -0.2) is 32.1 Å². The molecule has 3 fully saturated rings. The number of ketones is 1. The number of carbonyl (C=O) groups is 2. The molecule has 5 rings (SSSR count). The van der Waals surface area contributed by atoms with Gasteiger partial charge in [0.05, 0.1) is 12.2 Å². The lowest BCUT2D eigenvalue weighted by atomic mass is 9.73. The molecule has 6 unspecified atom stereocenters. The zero-order valence-corrected chi connectivity index (χ0v) is 17.8. The molecule has 6 atom stereocenters. The maximum Gasteiger partial charge on any atom is 0.338 e. The Morgan fingerprint density at radius 2 is 1.63 bits per heavy atom. The van der Waals surface area contributed by atoms with E-state index < -0.39 is 0 Å². The highest BCUT2D eigenvalue weighted by Crippen LogP contribution is 2.62. The third-order valence-corrected chi connectivity index (χ3v) is 8.08. The number of Topliss-reactive ketones (excluding diaryl/α,β-unsaturated/α-hetero) is 1. The van der Waals surface area contributed by atoms with Gasteiger partial charge < -0.3 is 9.47 Å². The quantitative estimate of drug-likeness (QED) is 0.492. The molecule has 0 N–H and O–H groups in total. The zero-order chi connectivity index (χ0) is 20.8.